The monoisotopic (exact) mass is 328 g/mol. The summed E-state index contributed by atoms with van der Waals surface area (Å²) in [5, 5.41) is 11.8. The van der Waals surface area contributed by atoms with Gasteiger partial charge >= 0.3 is 29.6 Å². The molecule has 0 heterocycles. The van der Waals surface area contributed by atoms with Crippen LogP contribution in [0.2, 0.25) is 10.0 Å². The molecule has 0 aromatic heterocycles. The van der Waals surface area contributed by atoms with Gasteiger partial charge in [0, 0.05) is 10.0 Å². The summed E-state index contributed by atoms with van der Waals surface area (Å²) in [6, 6.07) is 12.9. The van der Waals surface area contributed by atoms with Crippen LogP contribution in [0.1, 0.15) is 16.7 Å². The van der Waals surface area contributed by atoms with Crippen molar-refractivity contribution in [3.63, 3.8) is 0 Å². The van der Waals surface area contributed by atoms with E-state index in [1.54, 1.807) is 12.1 Å². The molecule has 2 nitrogen and oxygen atoms in total. The van der Waals surface area contributed by atoms with Crippen molar-refractivity contribution in [2.24, 2.45) is 0 Å². The molecule has 0 amide bonds. The van der Waals surface area contributed by atoms with Crippen molar-refractivity contribution in [3.05, 3.63) is 75.3 Å². The SMILES string of the molecule is O=C([O-])/C=C/c1cc(Cl)ccc1Cc1ccc(Cl)cc1.[Na+]. The van der Waals surface area contributed by atoms with Crippen molar-refractivity contribution in [1.82, 2.24) is 0 Å². The van der Waals surface area contributed by atoms with Crippen LogP contribution >= 0.6 is 23.2 Å². The van der Waals surface area contributed by atoms with E-state index in [0.717, 1.165) is 22.8 Å². The maximum atomic E-state index is 10.5. The second-order valence-corrected chi connectivity index (χ2v) is 5.17. The van der Waals surface area contributed by atoms with E-state index in [9.17, 15) is 9.90 Å². The predicted molar refractivity (Wildman–Crippen MR) is 79.8 cm³/mol. The normalized spacial score (nSPS) is 10.4. The van der Waals surface area contributed by atoms with Crippen molar-refractivity contribution < 1.29 is 39.5 Å². The number of carbonyl (C=O) groups is 1. The van der Waals surface area contributed by atoms with Gasteiger partial charge in [0.15, 0.2) is 0 Å². The summed E-state index contributed by atoms with van der Waals surface area (Å²) in [7, 11) is 0. The van der Waals surface area contributed by atoms with Gasteiger partial charge in [0.05, 0.1) is 5.97 Å². The van der Waals surface area contributed by atoms with Crippen LogP contribution in [0.3, 0.4) is 0 Å². The van der Waals surface area contributed by atoms with Gasteiger partial charge in [0.2, 0.25) is 0 Å². The topological polar surface area (TPSA) is 40.1 Å². The summed E-state index contributed by atoms with van der Waals surface area (Å²) >= 11 is 11.8. The minimum absolute atomic E-state index is 0. The van der Waals surface area contributed by atoms with Crippen LogP contribution in [0.4, 0.5) is 0 Å². The van der Waals surface area contributed by atoms with Crippen LogP contribution in [0.25, 0.3) is 6.08 Å². The van der Waals surface area contributed by atoms with Gasteiger partial charge in [-0.3, -0.25) is 0 Å². The zero-order valence-electron chi connectivity index (χ0n) is 11.5. The fourth-order valence-electron chi connectivity index (χ4n) is 1.86. The Balaban J connectivity index is 0.00000220. The molecule has 0 aliphatic carbocycles. The van der Waals surface area contributed by atoms with E-state index in [4.69, 9.17) is 23.2 Å². The third-order valence-corrected chi connectivity index (χ3v) is 3.30. The summed E-state index contributed by atoms with van der Waals surface area (Å²) in [5.74, 6) is -1.23. The molecule has 0 atom stereocenters. The first kappa shape index (κ1) is 18.3. The van der Waals surface area contributed by atoms with Crippen molar-refractivity contribution in [2.75, 3.05) is 0 Å². The summed E-state index contributed by atoms with van der Waals surface area (Å²) in [6.07, 6.45) is 3.16. The molecule has 102 valence electrons. The smallest absolute Gasteiger partial charge is 0.545 e. The second kappa shape index (κ2) is 8.62. The molecule has 0 bridgehead atoms. The molecule has 0 spiro atoms. The van der Waals surface area contributed by atoms with Crippen LogP contribution < -0.4 is 34.7 Å². The quantitative estimate of drug-likeness (QED) is 0.600. The molecular formula is C16H11Cl2NaO2. The molecule has 0 saturated heterocycles. The second-order valence-electron chi connectivity index (χ2n) is 4.30. The third kappa shape index (κ3) is 5.85. The Labute approximate surface area is 155 Å². The first-order valence-electron chi connectivity index (χ1n) is 5.96. The molecule has 2 aromatic carbocycles. The molecule has 0 fully saturated rings. The fourth-order valence-corrected chi connectivity index (χ4v) is 2.17. The molecule has 5 heteroatoms. The molecule has 0 aliphatic heterocycles. The van der Waals surface area contributed by atoms with Crippen molar-refractivity contribution in [3.8, 4) is 0 Å². The molecule has 0 radical (unpaired) electrons. The Kier molecular flexibility index (Phi) is 7.50. The number of benzene rings is 2. The van der Waals surface area contributed by atoms with E-state index in [1.165, 1.54) is 6.08 Å². The predicted octanol–water partition coefficient (Wildman–Crippen LogP) is 0.351. The minimum atomic E-state index is -1.23. The number of hydrogen-bond donors (Lipinski definition) is 0. The van der Waals surface area contributed by atoms with Gasteiger partial charge < -0.3 is 9.90 Å². The molecule has 0 saturated carbocycles. The minimum Gasteiger partial charge on any atom is -0.545 e. The maximum Gasteiger partial charge on any atom is 1.00 e. The van der Waals surface area contributed by atoms with Crippen LogP contribution in [0.5, 0.6) is 0 Å². The molecule has 0 N–H and O–H groups in total. The fraction of sp³-hybridized carbons (Fsp3) is 0.0625. The first-order valence-corrected chi connectivity index (χ1v) is 6.72. The van der Waals surface area contributed by atoms with Crippen molar-refractivity contribution >= 4 is 35.2 Å². The average molecular weight is 329 g/mol. The van der Waals surface area contributed by atoms with Crippen LogP contribution in [0.15, 0.2) is 48.5 Å². The number of carboxylic acid groups (broad SMARTS) is 1. The number of carboxylic acids is 1. The summed E-state index contributed by atoms with van der Waals surface area (Å²) in [6.45, 7) is 0. The Bertz CT molecular complexity index is 652. The number of carbonyl (C=O) groups excluding carboxylic acids is 1. The maximum absolute atomic E-state index is 10.5. The van der Waals surface area contributed by atoms with Gasteiger partial charge in [-0.25, -0.2) is 0 Å². The Hall–Kier alpha value is -0.770. The van der Waals surface area contributed by atoms with E-state index in [0.29, 0.717) is 16.5 Å². The first-order chi connectivity index (χ1) is 9.54. The molecule has 0 unspecified atom stereocenters. The van der Waals surface area contributed by atoms with E-state index in [-0.39, 0.29) is 29.6 Å². The zero-order chi connectivity index (χ0) is 14.5. The standard InChI is InChI=1S/C16H12Cl2O2.Na/c17-14-5-1-11(2-6-14)9-12-3-7-15(18)10-13(12)4-8-16(19)20;/h1-8,10H,9H2,(H,19,20);/q;+1/p-1/b8-4+;. The van der Waals surface area contributed by atoms with E-state index in [1.807, 2.05) is 30.3 Å². The number of aliphatic carboxylic acids is 1. The number of rotatable bonds is 4. The van der Waals surface area contributed by atoms with Gasteiger partial charge in [-0.1, -0.05) is 47.5 Å². The molecular weight excluding hydrogens is 318 g/mol. The summed E-state index contributed by atoms with van der Waals surface area (Å²) in [5.41, 5.74) is 2.82. The number of hydrogen-bond acceptors (Lipinski definition) is 2. The van der Waals surface area contributed by atoms with Crippen molar-refractivity contribution in [1.29, 1.82) is 0 Å². The Morgan fingerprint density at radius 3 is 2.29 bits per heavy atom. The van der Waals surface area contributed by atoms with Gasteiger partial charge in [-0.2, -0.15) is 0 Å². The largest absolute Gasteiger partial charge is 1.00 e. The van der Waals surface area contributed by atoms with Gasteiger partial charge in [0.1, 0.15) is 0 Å². The Morgan fingerprint density at radius 2 is 1.67 bits per heavy atom. The molecule has 2 rings (SSSR count). The number of halogens is 2. The average Bonchev–Trinajstić information content (AvgIpc) is 2.41. The van der Waals surface area contributed by atoms with Gasteiger partial charge in [0.25, 0.3) is 0 Å². The summed E-state index contributed by atoms with van der Waals surface area (Å²) in [4.78, 5) is 10.5. The van der Waals surface area contributed by atoms with E-state index >= 15 is 0 Å². The molecule has 2 aromatic rings. The van der Waals surface area contributed by atoms with E-state index < -0.39 is 5.97 Å². The van der Waals surface area contributed by atoms with Gasteiger partial charge in [-0.05, 0) is 53.5 Å². The summed E-state index contributed by atoms with van der Waals surface area (Å²) < 4.78 is 0. The van der Waals surface area contributed by atoms with Crippen molar-refractivity contribution in [2.45, 2.75) is 6.42 Å². The third-order valence-electron chi connectivity index (χ3n) is 2.81. The Morgan fingerprint density at radius 1 is 1.05 bits per heavy atom. The van der Waals surface area contributed by atoms with E-state index in [2.05, 4.69) is 0 Å². The van der Waals surface area contributed by atoms with Crippen LogP contribution in [0, 0.1) is 0 Å². The molecule has 21 heavy (non-hydrogen) atoms. The van der Waals surface area contributed by atoms with Gasteiger partial charge in [-0.15, -0.1) is 0 Å². The van der Waals surface area contributed by atoms with Crippen LogP contribution in [-0.4, -0.2) is 5.97 Å². The van der Waals surface area contributed by atoms with Crippen LogP contribution in [-0.2, 0) is 11.2 Å². The zero-order valence-corrected chi connectivity index (χ0v) is 15.0. The molecule has 0 aliphatic rings.